The number of hydrogen-bond donors (Lipinski definition) is 2. The van der Waals surface area contributed by atoms with E-state index in [2.05, 4.69) is 5.32 Å². The van der Waals surface area contributed by atoms with E-state index in [4.69, 9.17) is 11.6 Å². The summed E-state index contributed by atoms with van der Waals surface area (Å²) in [6, 6.07) is 8.12. The van der Waals surface area contributed by atoms with Crippen LogP contribution in [0.15, 0.2) is 36.4 Å². The van der Waals surface area contributed by atoms with Gasteiger partial charge in [0, 0.05) is 14.7 Å². The first kappa shape index (κ1) is 15.5. The van der Waals surface area contributed by atoms with E-state index in [0.29, 0.717) is 14.3 Å². The van der Waals surface area contributed by atoms with Crippen LogP contribution in [0.1, 0.15) is 10.4 Å². The van der Waals surface area contributed by atoms with E-state index < -0.39 is 10.8 Å². The van der Waals surface area contributed by atoms with E-state index in [1.165, 1.54) is 0 Å². The van der Waals surface area contributed by atoms with Crippen molar-refractivity contribution in [2.45, 2.75) is 0 Å². The number of nitro benzene ring substituents is 1. The lowest BCUT2D eigenvalue weighted by Gasteiger charge is -2.08. The van der Waals surface area contributed by atoms with Crippen molar-refractivity contribution in [1.29, 1.82) is 0 Å². The number of nitrogens with one attached hydrogen (secondary N) is 1. The summed E-state index contributed by atoms with van der Waals surface area (Å²) < 4.78 is 0.691. The zero-order chi connectivity index (χ0) is 15.6. The van der Waals surface area contributed by atoms with Crippen molar-refractivity contribution in [3.8, 4) is 5.75 Å². The number of carbonyl (C=O) groups excluding carboxylic acids is 1. The van der Waals surface area contributed by atoms with Gasteiger partial charge in [-0.2, -0.15) is 0 Å². The summed E-state index contributed by atoms with van der Waals surface area (Å²) in [5.74, 6) is -0.908. The third-order valence-corrected chi connectivity index (χ3v) is 3.73. The van der Waals surface area contributed by atoms with Crippen LogP contribution < -0.4 is 5.32 Å². The van der Waals surface area contributed by atoms with Gasteiger partial charge in [0.05, 0.1) is 10.6 Å². The molecule has 0 radical (unpaired) electrons. The monoisotopic (exact) mass is 418 g/mol. The Morgan fingerprint density at radius 1 is 1.29 bits per heavy atom. The van der Waals surface area contributed by atoms with E-state index in [0.717, 1.165) is 18.2 Å². The van der Waals surface area contributed by atoms with Gasteiger partial charge in [0.15, 0.2) is 0 Å². The van der Waals surface area contributed by atoms with Gasteiger partial charge >= 0.3 is 0 Å². The molecule has 0 unspecified atom stereocenters. The minimum absolute atomic E-state index is 0.217. The average Bonchev–Trinajstić information content (AvgIpc) is 2.41. The normalized spacial score (nSPS) is 10.2. The molecule has 2 aromatic rings. The Morgan fingerprint density at radius 2 is 2.00 bits per heavy atom. The van der Waals surface area contributed by atoms with Crippen LogP contribution in [0.2, 0.25) is 5.02 Å². The number of nitrogens with zero attached hydrogens (tertiary/aromatic N) is 1. The van der Waals surface area contributed by atoms with Gasteiger partial charge in [0.2, 0.25) is 0 Å². The fourth-order valence-corrected chi connectivity index (χ4v) is 2.65. The second-order valence-electron chi connectivity index (χ2n) is 4.04. The molecule has 0 aliphatic rings. The summed E-state index contributed by atoms with van der Waals surface area (Å²) in [5.41, 5.74) is -0.123. The fraction of sp³-hybridized carbons (Fsp3) is 0. The van der Waals surface area contributed by atoms with Crippen LogP contribution in [-0.2, 0) is 0 Å². The number of hydrogen-bond acceptors (Lipinski definition) is 4. The molecule has 6 nitrogen and oxygen atoms in total. The molecule has 1 amide bonds. The number of halogens is 2. The highest BCUT2D eigenvalue weighted by Gasteiger charge is 2.21. The molecule has 2 aromatic carbocycles. The number of phenolic OH excluding ortho intramolecular Hbond substituents is 1. The topological polar surface area (TPSA) is 92.5 Å². The van der Waals surface area contributed by atoms with Gasteiger partial charge in [-0.1, -0.05) is 11.6 Å². The quantitative estimate of drug-likeness (QED) is 0.450. The number of anilines is 1. The van der Waals surface area contributed by atoms with Crippen LogP contribution in [0.4, 0.5) is 11.4 Å². The summed E-state index contributed by atoms with van der Waals surface area (Å²) in [6.45, 7) is 0. The molecular formula is C13H8ClIN2O4. The number of nitro groups is 1. The van der Waals surface area contributed by atoms with Gasteiger partial charge in [-0.05, 0) is 52.9 Å². The van der Waals surface area contributed by atoms with E-state index in [-0.39, 0.29) is 17.0 Å². The molecule has 0 heterocycles. The molecule has 108 valence electrons. The first-order chi connectivity index (χ1) is 9.88. The SMILES string of the molecule is O=C(Nc1ccc(Cl)cc1I)c1cc(O)ccc1[N+](=O)[O-]. The highest BCUT2D eigenvalue weighted by atomic mass is 127. The zero-order valence-electron chi connectivity index (χ0n) is 10.3. The lowest BCUT2D eigenvalue weighted by atomic mass is 10.1. The van der Waals surface area contributed by atoms with E-state index >= 15 is 0 Å². The number of rotatable bonds is 3. The molecule has 0 spiro atoms. The van der Waals surface area contributed by atoms with Crippen LogP contribution in [0, 0.1) is 13.7 Å². The smallest absolute Gasteiger partial charge is 0.282 e. The van der Waals surface area contributed by atoms with Crippen LogP contribution in [0.3, 0.4) is 0 Å². The minimum Gasteiger partial charge on any atom is -0.508 e. The number of aromatic hydroxyl groups is 1. The number of benzene rings is 2. The number of amides is 1. The van der Waals surface area contributed by atoms with E-state index in [1.54, 1.807) is 18.2 Å². The lowest BCUT2D eigenvalue weighted by Crippen LogP contribution is -2.14. The molecule has 0 aliphatic heterocycles. The second-order valence-corrected chi connectivity index (χ2v) is 5.64. The second kappa shape index (κ2) is 6.27. The first-order valence-electron chi connectivity index (χ1n) is 5.62. The molecule has 0 fully saturated rings. The van der Waals surface area contributed by atoms with Crippen LogP contribution in [0.5, 0.6) is 5.75 Å². The maximum atomic E-state index is 12.2. The number of carbonyl (C=O) groups is 1. The summed E-state index contributed by atoms with van der Waals surface area (Å²) >= 11 is 7.80. The number of phenols is 1. The highest BCUT2D eigenvalue weighted by molar-refractivity contribution is 14.1. The van der Waals surface area contributed by atoms with Crippen LogP contribution in [-0.4, -0.2) is 15.9 Å². The van der Waals surface area contributed by atoms with Crippen LogP contribution >= 0.6 is 34.2 Å². The largest absolute Gasteiger partial charge is 0.508 e. The lowest BCUT2D eigenvalue weighted by molar-refractivity contribution is -0.385. The van der Waals surface area contributed by atoms with Crippen molar-refractivity contribution < 1.29 is 14.8 Å². The Kier molecular flexibility index (Phi) is 4.63. The zero-order valence-corrected chi connectivity index (χ0v) is 13.3. The van der Waals surface area contributed by atoms with Gasteiger partial charge in [-0.3, -0.25) is 14.9 Å². The third kappa shape index (κ3) is 3.61. The first-order valence-corrected chi connectivity index (χ1v) is 7.08. The van der Waals surface area contributed by atoms with E-state index in [1.807, 2.05) is 22.6 Å². The van der Waals surface area contributed by atoms with Crippen molar-refractivity contribution in [3.63, 3.8) is 0 Å². The average molecular weight is 419 g/mol. The Hall–Kier alpha value is -1.87. The van der Waals surface area contributed by atoms with Crippen molar-refractivity contribution in [2.24, 2.45) is 0 Å². The molecule has 2 N–H and O–H groups in total. The van der Waals surface area contributed by atoms with Gasteiger partial charge in [0.25, 0.3) is 11.6 Å². The Morgan fingerprint density at radius 3 is 2.62 bits per heavy atom. The van der Waals surface area contributed by atoms with Gasteiger partial charge in [-0.25, -0.2) is 0 Å². The Bertz CT molecular complexity index is 736. The molecular weight excluding hydrogens is 411 g/mol. The molecule has 0 saturated carbocycles. The molecule has 0 aromatic heterocycles. The standard InChI is InChI=1S/C13H8ClIN2O4/c14-7-1-3-11(10(15)5-7)16-13(19)9-6-8(18)2-4-12(9)17(20)21/h1-6,18H,(H,16,19). The fourth-order valence-electron chi connectivity index (χ4n) is 1.65. The summed E-state index contributed by atoms with van der Waals surface area (Å²) in [4.78, 5) is 22.4. The molecule has 2 rings (SSSR count). The van der Waals surface area contributed by atoms with Gasteiger partial charge in [-0.15, -0.1) is 0 Å². The Balaban J connectivity index is 2.36. The van der Waals surface area contributed by atoms with Crippen molar-refractivity contribution in [2.75, 3.05) is 5.32 Å². The summed E-state index contributed by atoms with van der Waals surface area (Å²) in [5, 5.41) is 23.4. The van der Waals surface area contributed by atoms with E-state index in [9.17, 15) is 20.0 Å². The van der Waals surface area contributed by atoms with Crippen molar-refractivity contribution in [1.82, 2.24) is 0 Å². The molecule has 0 saturated heterocycles. The van der Waals surface area contributed by atoms with Gasteiger partial charge < -0.3 is 10.4 Å². The van der Waals surface area contributed by atoms with Crippen molar-refractivity contribution >= 4 is 51.5 Å². The maximum absolute atomic E-state index is 12.2. The van der Waals surface area contributed by atoms with Crippen LogP contribution in [0.25, 0.3) is 0 Å². The molecule has 0 bridgehead atoms. The Labute approximate surface area is 138 Å². The summed E-state index contributed by atoms with van der Waals surface area (Å²) in [7, 11) is 0. The molecule has 8 heteroatoms. The predicted octanol–water partition coefficient (Wildman–Crippen LogP) is 3.81. The summed E-state index contributed by atoms with van der Waals surface area (Å²) in [6.07, 6.45) is 0. The minimum atomic E-state index is -0.683. The molecule has 0 atom stereocenters. The predicted molar refractivity (Wildman–Crippen MR) is 86.9 cm³/mol. The maximum Gasteiger partial charge on any atom is 0.282 e. The highest BCUT2D eigenvalue weighted by Crippen LogP contribution is 2.26. The van der Waals surface area contributed by atoms with Crippen molar-refractivity contribution in [3.05, 3.63) is 60.7 Å². The third-order valence-electron chi connectivity index (χ3n) is 2.60. The molecule has 0 aliphatic carbocycles. The molecule has 21 heavy (non-hydrogen) atoms. The van der Waals surface area contributed by atoms with Gasteiger partial charge in [0.1, 0.15) is 11.3 Å².